The van der Waals surface area contributed by atoms with Gasteiger partial charge in [-0.25, -0.2) is 9.67 Å². The number of aliphatic hydroxyl groups excluding tert-OH is 1. The Morgan fingerprint density at radius 2 is 2.33 bits per heavy atom. The molecule has 112 valence electrons. The van der Waals surface area contributed by atoms with E-state index in [1.807, 2.05) is 22.9 Å². The molecule has 3 rings (SSSR count). The molecule has 0 bridgehead atoms. The van der Waals surface area contributed by atoms with E-state index in [4.69, 9.17) is 4.74 Å². The minimum atomic E-state index is -0.324. The van der Waals surface area contributed by atoms with Gasteiger partial charge in [-0.15, -0.1) is 0 Å². The summed E-state index contributed by atoms with van der Waals surface area (Å²) in [5.74, 6) is 1.67. The summed E-state index contributed by atoms with van der Waals surface area (Å²) in [7, 11) is 0. The lowest BCUT2D eigenvalue weighted by atomic mass is 9.89. The van der Waals surface area contributed by atoms with Gasteiger partial charge in [-0.2, -0.15) is 5.10 Å². The van der Waals surface area contributed by atoms with E-state index in [1.54, 1.807) is 6.33 Å². The van der Waals surface area contributed by atoms with E-state index in [-0.39, 0.29) is 6.10 Å². The van der Waals surface area contributed by atoms with Gasteiger partial charge < -0.3 is 9.84 Å². The lowest BCUT2D eigenvalue weighted by Gasteiger charge is -2.21. The van der Waals surface area contributed by atoms with Crippen molar-refractivity contribution in [2.75, 3.05) is 0 Å². The molecule has 0 aliphatic heterocycles. The molecule has 0 fully saturated rings. The Kier molecular flexibility index (Phi) is 4.20. The highest BCUT2D eigenvalue weighted by molar-refractivity contribution is 5.38. The van der Waals surface area contributed by atoms with Crippen LogP contribution in [0.3, 0.4) is 0 Å². The van der Waals surface area contributed by atoms with E-state index in [0.717, 1.165) is 49.4 Å². The fourth-order valence-electron chi connectivity index (χ4n) is 2.80. The quantitative estimate of drug-likeness (QED) is 0.918. The Hall–Kier alpha value is -1.88. The van der Waals surface area contributed by atoms with Crippen LogP contribution < -0.4 is 4.74 Å². The second-order valence-electron chi connectivity index (χ2n) is 5.46. The van der Waals surface area contributed by atoms with Crippen molar-refractivity contribution in [1.29, 1.82) is 0 Å². The third-order valence-corrected chi connectivity index (χ3v) is 3.90. The van der Waals surface area contributed by atoms with Crippen molar-refractivity contribution in [1.82, 2.24) is 14.8 Å². The lowest BCUT2D eigenvalue weighted by molar-refractivity contribution is 0.156. The Bertz CT molecular complexity index is 609. The molecule has 5 heteroatoms. The molecule has 21 heavy (non-hydrogen) atoms. The highest BCUT2D eigenvalue weighted by Gasteiger charge is 2.18. The van der Waals surface area contributed by atoms with Gasteiger partial charge in [-0.1, -0.05) is 13.0 Å². The van der Waals surface area contributed by atoms with Gasteiger partial charge in [0, 0.05) is 6.54 Å². The van der Waals surface area contributed by atoms with Crippen molar-refractivity contribution >= 4 is 0 Å². The molecule has 0 spiro atoms. The Morgan fingerprint density at radius 1 is 1.43 bits per heavy atom. The summed E-state index contributed by atoms with van der Waals surface area (Å²) in [6, 6.07) is 5.94. The van der Waals surface area contributed by atoms with Crippen LogP contribution in [-0.2, 0) is 19.6 Å². The second kappa shape index (κ2) is 6.26. The lowest BCUT2D eigenvalue weighted by Crippen LogP contribution is -2.10. The summed E-state index contributed by atoms with van der Waals surface area (Å²) < 4.78 is 7.71. The molecule has 0 radical (unpaired) electrons. The van der Waals surface area contributed by atoms with Gasteiger partial charge in [0.25, 0.3) is 0 Å². The van der Waals surface area contributed by atoms with Crippen LogP contribution in [0.25, 0.3) is 0 Å². The minimum Gasteiger partial charge on any atom is -0.486 e. The van der Waals surface area contributed by atoms with Crippen LogP contribution in [0.2, 0.25) is 0 Å². The second-order valence-corrected chi connectivity index (χ2v) is 5.46. The maximum absolute atomic E-state index is 9.97. The number of aromatic nitrogens is 3. The van der Waals surface area contributed by atoms with Gasteiger partial charge in [-0.3, -0.25) is 0 Å². The van der Waals surface area contributed by atoms with Crippen molar-refractivity contribution < 1.29 is 9.84 Å². The minimum absolute atomic E-state index is 0.324. The molecular weight excluding hydrogens is 266 g/mol. The SMILES string of the molecule is CCCn1ncnc1COc1ccc2c(c1)CCCC2O. The molecule has 1 N–H and O–H groups in total. The van der Waals surface area contributed by atoms with E-state index < -0.39 is 0 Å². The molecule has 0 amide bonds. The van der Waals surface area contributed by atoms with E-state index in [2.05, 4.69) is 17.0 Å². The van der Waals surface area contributed by atoms with Gasteiger partial charge in [0.1, 0.15) is 18.7 Å². The Labute approximate surface area is 124 Å². The molecule has 5 nitrogen and oxygen atoms in total. The summed E-state index contributed by atoms with van der Waals surface area (Å²) in [5, 5.41) is 14.2. The largest absolute Gasteiger partial charge is 0.486 e. The molecule has 1 heterocycles. The first-order valence-electron chi connectivity index (χ1n) is 7.58. The van der Waals surface area contributed by atoms with E-state index >= 15 is 0 Å². The van der Waals surface area contributed by atoms with Gasteiger partial charge >= 0.3 is 0 Å². The molecule has 1 aromatic heterocycles. The first kappa shape index (κ1) is 14.1. The standard InChI is InChI=1S/C16H21N3O2/c1-2-8-19-16(17-11-18-19)10-21-13-6-7-14-12(9-13)4-3-5-15(14)20/h6-7,9,11,15,20H,2-5,8,10H2,1H3. The fraction of sp³-hybridized carbons (Fsp3) is 0.500. The topological polar surface area (TPSA) is 60.2 Å². The van der Waals surface area contributed by atoms with Gasteiger partial charge in [0.15, 0.2) is 5.82 Å². The van der Waals surface area contributed by atoms with Crippen LogP contribution in [0.15, 0.2) is 24.5 Å². The zero-order valence-corrected chi connectivity index (χ0v) is 12.3. The van der Waals surface area contributed by atoms with Crippen LogP contribution in [0.5, 0.6) is 5.75 Å². The summed E-state index contributed by atoms with van der Waals surface area (Å²) >= 11 is 0. The molecule has 2 aromatic rings. The first-order valence-corrected chi connectivity index (χ1v) is 7.58. The first-order chi connectivity index (χ1) is 10.3. The monoisotopic (exact) mass is 287 g/mol. The normalized spacial score (nSPS) is 17.5. The van der Waals surface area contributed by atoms with Crippen molar-refractivity contribution in [3.05, 3.63) is 41.5 Å². The van der Waals surface area contributed by atoms with Crippen molar-refractivity contribution in [3.8, 4) is 5.75 Å². The molecule has 1 aliphatic rings. The summed E-state index contributed by atoms with van der Waals surface area (Å²) in [4.78, 5) is 4.24. The van der Waals surface area contributed by atoms with Crippen LogP contribution >= 0.6 is 0 Å². The average Bonchev–Trinajstić information content (AvgIpc) is 2.93. The van der Waals surface area contributed by atoms with Gasteiger partial charge in [-0.05, 0) is 48.9 Å². The van der Waals surface area contributed by atoms with E-state index in [0.29, 0.717) is 6.61 Å². The van der Waals surface area contributed by atoms with Gasteiger partial charge in [0.05, 0.1) is 6.10 Å². The number of ether oxygens (including phenoxy) is 1. The maximum atomic E-state index is 9.97. The predicted molar refractivity (Wildman–Crippen MR) is 79.0 cm³/mol. The Morgan fingerprint density at radius 3 is 3.19 bits per heavy atom. The Balaban J connectivity index is 1.69. The van der Waals surface area contributed by atoms with Crippen molar-refractivity contribution in [3.63, 3.8) is 0 Å². The number of aryl methyl sites for hydroxylation is 2. The maximum Gasteiger partial charge on any atom is 0.164 e. The van der Waals surface area contributed by atoms with E-state index in [1.165, 1.54) is 5.56 Å². The fourth-order valence-corrected chi connectivity index (χ4v) is 2.80. The predicted octanol–water partition coefficient (Wildman–Crippen LogP) is 2.64. The third kappa shape index (κ3) is 3.08. The molecule has 0 saturated heterocycles. The van der Waals surface area contributed by atoms with Crippen LogP contribution in [0, 0.1) is 0 Å². The average molecular weight is 287 g/mol. The molecule has 0 saturated carbocycles. The zero-order chi connectivity index (χ0) is 14.7. The number of fused-ring (bicyclic) bond motifs is 1. The third-order valence-electron chi connectivity index (χ3n) is 3.90. The number of hydrogen-bond donors (Lipinski definition) is 1. The number of hydrogen-bond acceptors (Lipinski definition) is 4. The van der Waals surface area contributed by atoms with Crippen LogP contribution in [-0.4, -0.2) is 19.9 Å². The molecule has 1 unspecified atom stereocenters. The summed E-state index contributed by atoms with van der Waals surface area (Å²) in [6.07, 6.45) is 5.16. The highest BCUT2D eigenvalue weighted by Crippen LogP contribution is 2.32. The van der Waals surface area contributed by atoms with Crippen molar-refractivity contribution in [2.24, 2.45) is 0 Å². The molecule has 1 aromatic carbocycles. The smallest absolute Gasteiger partial charge is 0.164 e. The van der Waals surface area contributed by atoms with Gasteiger partial charge in [0.2, 0.25) is 0 Å². The van der Waals surface area contributed by atoms with Crippen molar-refractivity contribution in [2.45, 2.75) is 51.9 Å². The number of benzene rings is 1. The number of aliphatic hydroxyl groups is 1. The van der Waals surface area contributed by atoms with E-state index in [9.17, 15) is 5.11 Å². The molecular formula is C16H21N3O2. The highest BCUT2D eigenvalue weighted by atomic mass is 16.5. The molecule has 1 aliphatic carbocycles. The summed E-state index contributed by atoms with van der Waals surface area (Å²) in [6.45, 7) is 3.39. The number of nitrogens with zero attached hydrogens (tertiary/aromatic N) is 3. The zero-order valence-electron chi connectivity index (χ0n) is 12.3. The molecule has 1 atom stereocenters. The van der Waals surface area contributed by atoms with Crippen LogP contribution in [0.1, 0.15) is 49.2 Å². The summed E-state index contributed by atoms with van der Waals surface area (Å²) in [5.41, 5.74) is 2.24. The van der Waals surface area contributed by atoms with Crippen LogP contribution in [0.4, 0.5) is 0 Å². The number of rotatable bonds is 5.